The van der Waals surface area contributed by atoms with Crippen LogP contribution in [0, 0.1) is 17.1 Å². The molecule has 0 aliphatic heterocycles. The van der Waals surface area contributed by atoms with Gasteiger partial charge in [-0.15, -0.1) is 0 Å². The zero-order valence-electron chi connectivity index (χ0n) is 10.6. The van der Waals surface area contributed by atoms with Gasteiger partial charge in [0.25, 0.3) is 0 Å². The normalized spacial score (nSPS) is 11.8. The number of halogens is 3. The van der Waals surface area contributed by atoms with Crippen LogP contribution in [-0.2, 0) is 0 Å². The second-order valence-corrected chi connectivity index (χ2v) is 5.17. The van der Waals surface area contributed by atoms with E-state index in [0.717, 1.165) is 5.56 Å². The minimum absolute atomic E-state index is 0.0213. The highest BCUT2D eigenvalue weighted by Gasteiger charge is 2.10. The molecule has 0 heterocycles. The molecule has 2 aromatic carbocycles. The molecule has 0 bridgehead atoms. The Morgan fingerprint density at radius 1 is 1.15 bits per heavy atom. The highest BCUT2D eigenvalue weighted by Crippen LogP contribution is 2.29. The van der Waals surface area contributed by atoms with E-state index in [4.69, 9.17) is 28.5 Å². The fraction of sp³-hybridized carbons (Fsp3) is 0.133. The van der Waals surface area contributed by atoms with Gasteiger partial charge in [0.15, 0.2) is 5.82 Å². The van der Waals surface area contributed by atoms with Gasteiger partial charge in [-0.3, -0.25) is 0 Å². The van der Waals surface area contributed by atoms with E-state index in [0.29, 0.717) is 11.3 Å². The van der Waals surface area contributed by atoms with Crippen LogP contribution in [0.3, 0.4) is 0 Å². The van der Waals surface area contributed by atoms with Crippen molar-refractivity contribution >= 4 is 28.9 Å². The number of anilines is 1. The summed E-state index contributed by atoms with van der Waals surface area (Å²) < 4.78 is 13.3. The monoisotopic (exact) mass is 308 g/mol. The first-order valence-electron chi connectivity index (χ1n) is 5.92. The van der Waals surface area contributed by atoms with Crippen LogP contribution in [-0.4, -0.2) is 0 Å². The Bertz CT molecular complexity index is 640. The molecule has 2 aromatic rings. The summed E-state index contributed by atoms with van der Waals surface area (Å²) in [6.45, 7) is 1.95. The lowest BCUT2D eigenvalue weighted by atomic mass is 10.1. The van der Waals surface area contributed by atoms with Gasteiger partial charge in [-0.25, -0.2) is 4.39 Å². The summed E-state index contributed by atoms with van der Waals surface area (Å²) in [6, 6.07) is 12.2. The van der Waals surface area contributed by atoms with Gasteiger partial charge in [-0.05, 0) is 36.8 Å². The summed E-state index contributed by atoms with van der Waals surface area (Å²) in [6.07, 6.45) is 0. The average Bonchev–Trinajstić information content (AvgIpc) is 2.44. The van der Waals surface area contributed by atoms with Gasteiger partial charge >= 0.3 is 0 Å². The number of nitrogens with zero attached hydrogens (tertiary/aromatic N) is 1. The summed E-state index contributed by atoms with van der Waals surface area (Å²) in [4.78, 5) is 0. The van der Waals surface area contributed by atoms with E-state index in [-0.39, 0.29) is 16.1 Å². The van der Waals surface area contributed by atoms with Crippen LogP contribution in [0.15, 0.2) is 36.4 Å². The second-order valence-electron chi connectivity index (χ2n) is 4.35. The number of nitriles is 1. The lowest BCUT2D eigenvalue weighted by Crippen LogP contribution is -2.06. The molecule has 102 valence electrons. The van der Waals surface area contributed by atoms with Crippen LogP contribution >= 0.6 is 23.2 Å². The topological polar surface area (TPSA) is 35.8 Å². The third-order valence-electron chi connectivity index (χ3n) is 2.91. The molecule has 5 heteroatoms. The number of hydrogen-bond acceptors (Lipinski definition) is 2. The van der Waals surface area contributed by atoms with Gasteiger partial charge in [0.1, 0.15) is 0 Å². The molecular formula is C15H11Cl2FN2. The Hall–Kier alpha value is -1.76. The highest BCUT2D eigenvalue weighted by atomic mass is 35.5. The summed E-state index contributed by atoms with van der Waals surface area (Å²) in [7, 11) is 0. The Balaban J connectivity index is 2.19. The maximum Gasteiger partial charge on any atom is 0.160 e. The molecule has 0 saturated carbocycles. The van der Waals surface area contributed by atoms with Crippen molar-refractivity contribution in [3.63, 3.8) is 0 Å². The first-order valence-corrected chi connectivity index (χ1v) is 6.68. The molecule has 1 atom stereocenters. The van der Waals surface area contributed by atoms with Crippen molar-refractivity contribution in [2.45, 2.75) is 13.0 Å². The van der Waals surface area contributed by atoms with Crippen molar-refractivity contribution in [1.29, 1.82) is 5.26 Å². The lowest BCUT2D eigenvalue weighted by molar-refractivity contribution is 0.628. The number of benzene rings is 2. The van der Waals surface area contributed by atoms with Gasteiger partial charge in [-0.2, -0.15) is 5.26 Å². The van der Waals surface area contributed by atoms with E-state index < -0.39 is 5.82 Å². The fourth-order valence-corrected chi connectivity index (χ4v) is 2.31. The van der Waals surface area contributed by atoms with Crippen LogP contribution in [0.2, 0.25) is 10.0 Å². The van der Waals surface area contributed by atoms with Crippen LogP contribution in [0.1, 0.15) is 24.1 Å². The number of rotatable bonds is 3. The maximum absolute atomic E-state index is 13.3. The molecule has 0 radical (unpaired) electrons. The molecule has 0 aliphatic carbocycles. The summed E-state index contributed by atoms with van der Waals surface area (Å²) >= 11 is 11.5. The fourth-order valence-electron chi connectivity index (χ4n) is 1.82. The maximum atomic E-state index is 13.3. The molecule has 2 nitrogen and oxygen atoms in total. The zero-order valence-corrected chi connectivity index (χ0v) is 12.1. The molecule has 20 heavy (non-hydrogen) atoms. The van der Waals surface area contributed by atoms with E-state index in [1.807, 2.05) is 19.1 Å². The average molecular weight is 309 g/mol. The Morgan fingerprint density at radius 3 is 2.20 bits per heavy atom. The Kier molecular flexibility index (Phi) is 4.49. The standard InChI is InChI=1S/C15H11Cl2FN2/c1-9(11-4-2-10(8-19)3-5-11)20-12-6-13(16)15(18)14(17)7-12/h2-7,9,20H,1H3. The molecule has 2 rings (SSSR count). The van der Waals surface area contributed by atoms with Crippen molar-refractivity contribution in [3.05, 3.63) is 63.4 Å². The number of nitrogens with one attached hydrogen (secondary N) is 1. The van der Waals surface area contributed by atoms with Gasteiger partial charge in [0.2, 0.25) is 0 Å². The van der Waals surface area contributed by atoms with Crippen LogP contribution in [0.4, 0.5) is 10.1 Å². The molecule has 1 N–H and O–H groups in total. The van der Waals surface area contributed by atoms with E-state index in [9.17, 15) is 4.39 Å². The van der Waals surface area contributed by atoms with Gasteiger partial charge in [0, 0.05) is 11.7 Å². The molecule has 1 unspecified atom stereocenters. The van der Waals surface area contributed by atoms with Crippen molar-refractivity contribution in [2.24, 2.45) is 0 Å². The third-order valence-corrected chi connectivity index (χ3v) is 3.46. The largest absolute Gasteiger partial charge is 0.378 e. The third kappa shape index (κ3) is 3.22. The van der Waals surface area contributed by atoms with E-state index >= 15 is 0 Å². The molecule has 0 spiro atoms. The van der Waals surface area contributed by atoms with E-state index in [1.54, 1.807) is 12.1 Å². The first-order chi connectivity index (χ1) is 9.51. The molecular weight excluding hydrogens is 298 g/mol. The highest BCUT2D eigenvalue weighted by molar-refractivity contribution is 6.35. The van der Waals surface area contributed by atoms with Crippen molar-refractivity contribution in [3.8, 4) is 6.07 Å². The zero-order chi connectivity index (χ0) is 14.7. The molecule has 0 fully saturated rings. The minimum atomic E-state index is -0.620. The second kappa shape index (κ2) is 6.13. The first kappa shape index (κ1) is 14.6. The van der Waals surface area contributed by atoms with Crippen LogP contribution in [0.25, 0.3) is 0 Å². The van der Waals surface area contributed by atoms with Crippen molar-refractivity contribution < 1.29 is 4.39 Å². The summed E-state index contributed by atoms with van der Waals surface area (Å²) in [5.74, 6) is -0.620. The van der Waals surface area contributed by atoms with Crippen LogP contribution in [0.5, 0.6) is 0 Å². The summed E-state index contributed by atoms with van der Waals surface area (Å²) in [5.41, 5.74) is 2.24. The SMILES string of the molecule is CC(Nc1cc(Cl)c(F)c(Cl)c1)c1ccc(C#N)cc1. The predicted octanol–water partition coefficient (Wildman–Crippen LogP) is 5.18. The van der Waals surface area contributed by atoms with Gasteiger partial charge < -0.3 is 5.32 Å². The van der Waals surface area contributed by atoms with E-state index in [2.05, 4.69) is 11.4 Å². The Labute approximate surface area is 126 Å². The molecule has 0 amide bonds. The molecule has 0 aliphatic rings. The quantitative estimate of drug-likeness (QED) is 0.793. The van der Waals surface area contributed by atoms with Gasteiger partial charge in [0.05, 0.1) is 21.7 Å². The van der Waals surface area contributed by atoms with Crippen molar-refractivity contribution in [1.82, 2.24) is 0 Å². The molecule has 0 aromatic heterocycles. The Morgan fingerprint density at radius 2 is 1.70 bits per heavy atom. The summed E-state index contributed by atoms with van der Waals surface area (Å²) in [5, 5.41) is 11.9. The van der Waals surface area contributed by atoms with E-state index in [1.165, 1.54) is 12.1 Å². The lowest BCUT2D eigenvalue weighted by Gasteiger charge is -2.16. The minimum Gasteiger partial charge on any atom is -0.378 e. The number of hydrogen-bond donors (Lipinski definition) is 1. The van der Waals surface area contributed by atoms with Crippen molar-refractivity contribution in [2.75, 3.05) is 5.32 Å². The molecule has 0 saturated heterocycles. The van der Waals surface area contributed by atoms with Gasteiger partial charge in [-0.1, -0.05) is 35.3 Å². The smallest absolute Gasteiger partial charge is 0.160 e. The van der Waals surface area contributed by atoms with Crippen LogP contribution < -0.4 is 5.32 Å². The predicted molar refractivity (Wildman–Crippen MR) is 79.6 cm³/mol.